The van der Waals surface area contributed by atoms with Crippen molar-refractivity contribution >= 4 is 90.0 Å². The number of hydrogen-bond donors (Lipinski definition) is 2. The van der Waals surface area contributed by atoms with Gasteiger partial charge in [0, 0.05) is 40.6 Å². The number of esters is 1. The van der Waals surface area contributed by atoms with Gasteiger partial charge in [0.05, 0.1) is 19.6 Å². The second-order valence-corrected chi connectivity index (χ2v) is 13.7. The number of benzene rings is 4. The molecule has 3 N–H and O–H groups in total. The van der Waals surface area contributed by atoms with Crippen LogP contribution in [0.5, 0.6) is 0 Å². The molecule has 316 valence electrons. The fourth-order valence-electron chi connectivity index (χ4n) is 3.99. The lowest BCUT2D eigenvalue weighted by molar-refractivity contribution is -0.136. The number of carbonyl (C=O) groups excluding carboxylic acids is 3. The van der Waals surface area contributed by atoms with Crippen molar-refractivity contribution in [3.05, 3.63) is 160 Å². The van der Waals surface area contributed by atoms with E-state index in [-0.39, 0.29) is 92.0 Å². The SMILES string of the molecule is CCOC(=O)c1ncoc1Cc1ccc(F)cc1.Cl.Cl.NCC(=O)Cc1ccc(F)cc1.O=C(Cl)Cc1ccc(F)cc1.O=C(O)Cc1ccc(F)cc1.O=S(Cl)Cl. The molecular formula is C38H37Cl5F4N2O8S. The highest BCUT2D eigenvalue weighted by molar-refractivity contribution is 8.26. The molecule has 20 heteroatoms. The minimum absolute atomic E-state index is 0. The number of carboxylic acids is 1. The first-order valence-corrected chi connectivity index (χ1v) is 19.1. The summed E-state index contributed by atoms with van der Waals surface area (Å²) >= 11 is 5.12. The largest absolute Gasteiger partial charge is 0.481 e. The van der Waals surface area contributed by atoms with E-state index in [9.17, 15) is 36.7 Å². The highest BCUT2D eigenvalue weighted by atomic mass is 36.0. The Balaban J connectivity index is 0. The van der Waals surface area contributed by atoms with Crippen LogP contribution in [0.4, 0.5) is 17.6 Å². The number of ketones is 1. The number of rotatable bonds is 11. The number of halogens is 9. The quantitative estimate of drug-likeness (QED) is 0.0742. The van der Waals surface area contributed by atoms with Gasteiger partial charge in [0.2, 0.25) is 14.5 Å². The Labute approximate surface area is 360 Å². The minimum atomic E-state index is -1.67. The zero-order chi connectivity index (χ0) is 42.0. The van der Waals surface area contributed by atoms with Gasteiger partial charge in [-0.15, -0.1) is 24.8 Å². The second-order valence-electron chi connectivity index (χ2n) is 10.7. The number of hydrogen-bond acceptors (Lipinski definition) is 9. The Morgan fingerprint density at radius 1 is 0.707 bits per heavy atom. The molecule has 0 bridgehead atoms. The zero-order valence-electron chi connectivity index (χ0n) is 30.3. The van der Waals surface area contributed by atoms with Crippen LogP contribution in [0, 0.1) is 23.3 Å². The molecule has 0 radical (unpaired) electrons. The average molecular weight is 935 g/mol. The van der Waals surface area contributed by atoms with Crippen LogP contribution in [0.15, 0.2) is 108 Å². The summed E-state index contributed by atoms with van der Waals surface area (Å²) in [6.07, 6.45) is 1.96. The first kappa shape index (κ1) is 55.7. The molecule has 0 aliphatic heterocycles. The van der Waals surface area contributed by atoms with Crippen LogP contribution in [-0.2, 0) is 54.0 Å². The second kappa shape index (κ2) is 31.6. The maximum atomic E-state index is 12.8. The van der Waals surface area contributed by atoms with Gasteiger partial charge in [-0.2, -0.15) is 0 Å². The molecule has 0 spiro atoms. The van der Waals surface area contributed by atoms with E-state index < -0.39 is 26.4 Å². The van der Waals surface area contributed by atoms with Crippen molar-refractivity contribution in [1.29, 1.82) is 0 Å². The zero-order valence-corrected chi connectivity index (χ0v) is 35.0. The van der Waals surface area contributed by atoms with Crippen molar-refractivity contribution in [1.82, 2.24) is 4.98 Å². The molecule has 5 rings (SSSR count). The summed E-state index contributed by atoms with van der Waals surface area (Å²) in [5, 5.41) is 7.91. The normalized spacial score (nSPS) is 9.48. The molecule has 5 aromatic rings. The van der Waals surface area contributed by atoms with E-state index >= 15 is 0 Å². The molecule has 0 aliphatic carbocycles. The predicted molar refractivity (Wildman–Crippen MR) is 219 cm³/mol. The monoisotopic (exact) mass is 932 g/mol. The van der Waals surface area contributed by atoms with Gasteiger partial charge < -0.3 is 20.0 Å². The van der Waals surface area contributed by atoms with Crippen LogP contribution in [0.25, 0.3) is 0 Å². The van der Waals surface area contributed by atoms with Crippen LogP contribution in [0.3, 0.4) is 0 Å². The first-order valence-electron chi connectivity index (χ1n) is 16.0. The number of carboxylic acid groups (broad SMARTS) is 1. The van der Waals surface area contributed by atoms with Gasteiger partial charge in [0.15, 0.2) is 17.9 Å². The molecule has 0 saturated heterocycles. The Hall–Kier alpha value is -4.35. The number of oxazole rings is 1. The Morgan fingerprint density at radius 2 is 1.07 bits per heavy atom. The summed E-state index contributed by atoms with van der Waals surface area (Å²) < 4.78 is 68.9. The van der Waals surface area contributed by atoms with E-state index in [1.807, 2.05) is 0 Å². The number of aliphatic carboxylic acids is 1. The molecule has 0 atom stereocenters. The highest BCUT2D eigenvalue weighted by Crippen LogP contribution is 2.15. The molecule has 4 aromatic carbocycles. The maximum absolute atomic E-state index is 12.8. The molecule has 10 nitrogen and oxygen atoms in total. The van der Waals surface area contributed by atoms with Crippen molar-refractivity contribution < 1.29 is 55.2 Å². The molecule has 1 aromatic heterocycles. The standard InChI is InChI=1S/C13H12FNO3.C9H10FNO.C8H6ClFO.C8H7FO2.Cl2OS.2ClH/c1-2-17-13(16)12-11(18-8-15-12)7-9-3-5-10(14)6-4-9;10-8-3-1-7(2-4-8)5-9(12)6-11;9-8(11)5-6-1-3-7(10)4-2-6;9-7-3-1-6(2-4-7)5-8(10)11;1-4(2)3;;/h3-6,8H,2,7H2,1H3;1-4H,5-6,11H2;1-4H,5H2;1-4H,5H2,(H,10,11);;2*1H. The van der Waals surface area contributed by atoms with Crippen molar-refractivity contribution in [2.45, 2.75) is 32.6 Å². The molecule has 0 unspecified atom stereocenters. The first-order chi connectivity index (χ1) is 26.5. The summed E-state index contributed by atoms with van der Waals surface area (Å²) in [5.74, 6) is -2.29. The fraction of sp³-hybridized carbons (Fsp3) is 0.184. The summed E-state index contributed by atoms with van der Waals surface area (Å²) in [4.78, 5) is 46.8. The van der Waals surface area contributed by atoms with Crippen LogP contribution in [-0.4, -0.2) is 50.4 Å². The molecule has 0 aliphatic rings. The molecule has 0 saturated carbocycles. The summed E-state index contributed by atoms with van der Waals surface area (Å²) in [6.45, 7) is 2.04. The van der Waals surface area contributed by atoms with E-state index in [0.717, 1.165) is 16.7 Å². The van der Waals surface area contributed by atoms with E-state index in [2.05, 4.69) is 26.3 Å². The molecule has 58 heavy (non-hydrogen) atoms. The third-order valence-electron chi connectivity index (χ3n) is 6.45. The van der Waals surface area contributed by atoms with E-state index in [1.165, 1.54) is 79.2 Å². The summed E-state index contributed by atoms with van der Waals surface area (Å²) in [5.41, 5.74) is 8.26. The Morgan fingerprint density at radius 3 is 1.41 bits per heavy atom. The van der Waals surface area contributed by atoms with E-state index in [1.54, 1.807) is 31.2 Å². The number of Topliss-reactive ketones (excluding diaryl/α,β-unsaturated/α-hetero) is 1. The van der Waals surface area contributed by atoms with Gasteiger partial charge in [0.25, 0.3) is 0 Å². The van der Waals surface area contributed by atoms with E-state index in [4.69, 9.17) is 35.8 Å². The minimum Gasteiger partial charge on any atom is -0.481 e. The smallest absolute Gasteiger partial charge is 0.360 e. The average Bonchev–Trinajstić information content (AvgIpc) is 3.61. The van der Waals surface area contributed by atoms with Gasteiger partial charge in [-0.3, -0.25) is 14.4 Å². The maximum Gasteiger partial charge on any atom is 0.360 e. The lowest BCUT2D eigenvalue weighted by atomic mass is 10.1. The van der Waals surface area contributed by atoms with Crippen LogP contribution < -0.4 is 5.73 Å². The van der Waals surface area contributed by atoms with Crippen molar-refractivity contribution in [3.8, 4) is 0 Å². The summed E-state index contributed by atoms with van der Waals surface area (Å²) in [7, 11) is 7.36. The van der Waals surface area contributed by atoms with Gasteiger partial charge >= 0.3 is 11.9 Å². The van der Waals surface area contributed by atoms with Crippen LogP contribution in [0.1, 0.15) is 45.4 Å². The Kier molecular flexibility index (Phi) is 30.4. The van der Waals surface area contributed by atoms with Gasteiger partial charge in [0.1, 0.15) is 29.0 Å². The molecule has 0 fully saturated rings. The lowest BCUT2D eigenvalue weighted by Crippen LogP contribution is -2.15. The molecule has 0 amide bonds. The summed E-state index contributed by atoms with van der Waals surface area (Å²) in [6, 6.07) is 22.9. The number of carbonyl (C=O) groups is 4. The number of aromatic nitrogens is 1. The molecular weight excluding hydrogens is 898 g/mol. The number of nitrogens with two attached hydrogens (primary N) is 1. The van der Waals surface area contributed by atoms with Crippen molar-refractivity contribution in [3.63, 3.8) is 0 Å². The lowest BCUT2D eigenvalue weighted by Gasteiger charge is -2.01. The van der Waals surface area contributed by atoms with Crippen molar-refractivity contribution in [2.75, 3.05) is 13.2 Å². The predicted octanol–water partition coefficient (Wildman–Crippen LogP) is 8.95. The third kappa shape index (κ3) is 26.5. The fourth-order valence-corrected chi connectivity index (χ4v) is 4.15. The Bertz CT molecular complexity index is 1920. The van der Waals surface area contributed by atoms with Gasteiger partial charge in [-0.25, -0.2) is 31.5 Å². The van der Waals surface area contributed by atoms with Crippen LogP contribution >= 0.6 is 57.8 Å². The van der Waals surface area contributed by atoms with Crippen LogP contribution in [0.2, 0.25) is 0 Å². The van der Waals surface area contributed by atoms with Gasteiger partial charge in [-0.1, -0.05) is 48.5 Å². The number of ether oxygens (including phenoxy) is 1. The van der Waals surface area contributed by atoms with E-state index in [0.29, 0.717) is 17.7 Å². The number of nitrogens with zero attached hydrogens (tertiary/aromatic N) is 1. The topological polar surface area (TPSA) is 167 Å². The third-order valence-corrected chi connectivity index (χ3v) is 6.59. The van der Waals surface area contributed by atoms with Crippen molar-refractivity contribution in [2.24, 2.45) is 5.73 Å². The van der Waals surface area contributed by atoms with Gasteiger partial charge in [-0.05, 0) is 89.3 Å². The molecule has 1 heterocycles. The highest BCUT2D eigenvalue weighted by Gasteiger charge is 2.18.